The van der Waals surface area contributed by atoms with Crippen molar-refractivity contribution in [2.24, 2.45) is 11.7 Å². The van der Waals surface area contributed by atoms with Gasteiger partial charge in [0, 0.05) is 14.0 Å². The van der Waals surface area contributed by atoms with Gasteiger partial charge in [0.1, 0.15) is 11.4 Å². The third-order valence-electron chi connectivity index (χ3n) is 3.45. The molecule has 2 atom stereocenters. The van der Waals surface area contributed by atoms with E-state index in [0.29, 0.717) is 12.4 Å². The maximum absolute atomic E-state index is 12.4. The van der Waals surface area contributed by atoms with Gasteiger partial charge in [-0.15, -0.1) is 0 Å². The smallest absolute Gasteiger partial charge is 0.410 e. The number of esters is 1. The normalized spacial score (nSPS) is 13.5. The average Bonchev–Trinajstić information content (AvgIpc) is 2.49. The molecule has 0 rings (SSSR count). The number of nitrogens with two attached hydrogens (primary N) is 1. The summed E-state index contributed by atoms with van der Waals surface area (Å²) in [6, 6.07) is -0.573. The van der Waals surface area contributed by atoms with E-state index in [-0.39, 0.29) is 18.8 Å². The molecule has 0 aliphatic heterocycles. The van der Waals surface area contributed by atoms with Gasteiger partial charge in [0.2, 0.25) is 0 Å². The lowest BCUT2D eigenvalue weighted by Gasteiger charge is -2.32. The summed E-state index contributed by atoms with van der Waals surface area (Å²) in [6.45, 7) is 14.8. The fourth-order valence-corrected chi connectivity index (χ4v) is 2.17. The van der Waals surface area contributed by atoms with Crippen LogP contribution in [0.25, 0.3) is 0 Å². The first-order chi connectivity index (χ1) is 12.2. The fraction of sp³-hybridized carbons (Fsp3) is 0.737. The van der Waals surface area contributed by atoms with Gasteiger partial charge in [-0.2, -0.15) is 0 Å². The van der Waals surface area contributed by atoms with Crippen LogP contribution in [0, 0.1) is 5.92 Å². The first-order valence-corrected chi connectivity index (χ1v) is 8.98. The van der Waals surface area contributed by atoms with Crippen molar-refractivity contribution in [3.63, 3.8) is 0 Å². The van der Waals surface area contributed by atoms with Gasteiger partial charge >= 0.3 is 12.1 Å². The summed E-state index contributed by atoms with van der Waals surface area (Å²) in [5, 5.41) is 0. The third-order valence-corrected chi connectivity index (χ3v) is 3.45. The Morgan fingerprint density at radius 2 is 1.70 bits per heavy atom. The number of nitrogens with zero attached hydrogens (tertiary/aromatic N) is 1. The van der Waals surface area contributed by atoms with Gasteiger partial charge in [-0.1, -0.05) is 20.4 Å². The van der Waals surface area contributed by atoms with Gasteiger partial charge in [-0.25, -0.2) is 4.79 Å². The summed E-state index contributed by atoms with van der Waals surface area (Å²) in [5.41, 5.74) is 4.63. The fourth-order valence-electron chi connectivity index (χ4n) is 2.17. The Labute approximate surface area is 162 Å². The molecule has 0 aromatic rings. The number of primary amides is 1. The zero-order chi connectivity index (χ0) is 21.4. The minimum Gasteiger partial charge on any atom is -0.496 e. The number of hydrogen-bond donors (Lipinski definition) is 1. The van der Waals surface area contributed by atoms with Crippen LogP contribution in [-0.2, 0) is 23.8 Å². The molecule has 2 amide bonds. The minimum atomic E-state index is -1.09. The largest absolute Gasteiger partial charge is 0.496 e. The average molecular weight is 386 g/mol. The predicted octanol–water partition coefficient (Wildman–Crippen LogP) is 2.61. The van der Waals surface area contributed by atoms with Crippen LogP contribution < -0.4 is 5.73 Å². The third kappa shape index (κ3) is 10.5. The van der Waals surface area contributed by atoms with E-state index in [1.165, 1.54) is 11.8 Å². The first kappa shape index (κ1) is 24.8. The number of amides is 2. The Bertz CT molecular complexity index is 539. The Hall–Kier alpha value is -2.25. The molecule has 0 saturated carbocycles. The molecule has 0 bridgehead atoms. The van der Waals surface area contributed by atoms with E-state index in [2.05, 4.69) is 6.58 Å². The number of carbonyl (C=O) groups is 3. The Kier molecular flexibility index (Phi) is 9.89. The maximum atomic E-state index is 12.4. The Morgan fingerprint density at radius 1 is 1.15 bits per heavy atom. The lowest BCUT2D eigenvalue weighted by molar-refractivity contribution is -0.153. The standard InChI is InChI=1S/C19H34N2O6/c1-12(2)11-25-13(3)15(21(8)18(24)27-19(5,6)7)9-10-16(17(20)23)26-14(4)22/h12,15-16H,3,9-11H2,1-2,4-8H3,(H2,20,23)/t15-,16?/m0/s1. The van der Waals surface area contributed by atoms with Gasteiger partial charge in [0.25, 0.3) is 5.91 Å². The van der Waals surface area contributed by atoms with Crippen LogP contribution in [0.2, 0.25) is 0 Å². The van der Waals surface area contributed by atoms with E-state index in [1.807, 2.05) is 13.8 Å². The van der Waals surface area contributed by atoms with Crippen molar-refractivity contribution < 1.29 is 28.6 Å². The molecule has 1 unspecified atom stereocenters. The quantitative estimate of drug-likeness (QED) is 0.457. The van der Waals surface area contributed by atoms with Gasteiger partial charge in [-0.05, 0) is 39.5 Å². The summed E-state index contributed by atoms with van der Waals surface area (Å²) in [6.07, 6.45) is -1.26. The van der Waals surface area contributed by atoms with Crippen molar-refractivity contribution in [3.05, 3.63) is 12.3 Å². The number of likely N-dealkylation sites (N-methyl/N-ethyl adjacent to an activating group) is 1. The van der Waals surface area contributed by atoms with Crippen LogP contribution in [-0.4, -0.2) is 54.3 Å². The lowest BCUT2D eigenvalue weighted by Crippen LogP contribution is -2.43. The maximum Gasteiger partial charge on any atom is 0.410 e. The molecule has 0 aliphatic rings. The number of ether oxygens (including phenoxy) is 3. The van der Waals surface area contributed by atoms with E-state index >= 15 is 0 Å². The van der Waals surface area contributed by atoms with Crippen molar-refractivity contribution in [3.8, 4) is 0 Å². The molecule has 0 aromatic carbocycles. The molecule has 0 saturated heterocycles. The van der Waals surface area contributed by atoms with Crippen LogP contribution in [0.4, 0.5) is 4.79 Å². The summed E-state index contributed by atoms with van der Waals surface area (Å²) in [4.78, 5) is 36.5. The molecule has 8 heteroatoms. The number of hydrogen-bond acceptors (Lipinski definition) is 6. The predicted molar refractivity (Wildman–Crippen MR) is 102 cm³/mol. The van der Waals surface area contributed by atoms with Crippen molar-refractivity contribution in [2.75, 3.05) is 13.7 Å². The van der Waals surface area contributed by atoms with E-state index < -0.39 is 35.7 Å². The number of carbonyl (C=O) groups excluding carboxylic acids is 3. The number of rotatable bonds is 10. The summed E-state index contributed by atoms with van der Waals surface area (Å²) < 4.78 is 16.0. The van der Waals surface area contributed by atoms with Crippen LogP contribution >= 0.6 is 0 Å². The van der Waals surface area contributed by atoms with Gasteiger partial charge in [-0.3, -0.25) is 9.59 Å². The molecule has 0 aliphatic carbocycles. The molecular formula is C19H34N2O6. The second kappa shape index (κ2) is 10.8. The molecule has 0 spiro atoms. The Balaban J connectivity index is 5.27. The molecule has 8 nitrogen and oxygen atoms in total. The van der Waals surface area contributed by atoms with Crippen LogP contribution in [0.5, 0.6) is 0 Å². The van der Waals surface area contributed by atoms with Gasteiger partial charge < -0.3 is 24.8 Å². The molecule has 0 aromatic heterocycles. The highest BCUT2D eigenvalue weighted by Crippen LogP contribution is 2.21. The van der Waals surface area contributed by atoms with E-state index in [9.17, 15) is 14.4 Å². The van der Waals surface area contributed by atoms with Crippen LogP contribution in [0.15, 0.2) is 12.3 Å². The van der Waals surface area contributed by atoms with Crippen molar-refractivity contribution in [1.29, 1.82) is 0 Å². The van der Waals surface area contributed by atoms with Crippen molar-refractivity contribution in [2.45, 2.75) is 72.1 Å². The van der Waals surface area contributed by atoms with E-state index in [0.717, 1.165) is 0 Å². The van der Waals surface area contributed by atoms with E-state index in [4.69, 9.17) is 19.9 Å². The highest BCUT2D eigenvalue weighted by Gasteiger charge is 2.30. The van der Waals surface area contributed by atoms with Crippen molar-refractivity contribution >= 4 is 18.0 Å². The molecule has 2 N–H and O–H groups in total. The molecule has 156 valence electrons. The van der Waals surface area contributed by atoms with Crippen molar-refractivity contribution in [1.82, 2.24) is 4.90 Å². The second-order valence-electron chi connectivity index (χ2n) is 7.86. The van der Waals surface area contributed by atoms with Crippen LogP contribution in [0.3, 0.4) is 0 Å². The molecule has 0 fully saturated rings. The summed E-state index contributed by atoms with van der Waals surface area (Å²) in [7, 11) is 1.56. The second-order valence-corrected chi connectivity index (χ2v) is 7.86. The minimum absolute atomic E-state index is 0.122. The highest BCUT2D eigenvalue weighted by molar-refractivity contribution is 5.81. The zero-order valence-electron chi connectivity index (χ0n) is 17.5. The molecule has 27 heavy (non-hydrogen) atoms. The summed E-state index contributed by atoms with van der Waals surface area (Å²) >= 11 is 0. The highest BCUT2D eigenvalue weighted by atomic mass is 16.6. The lowest BCUT2D eigenvalue weighted by atomic mass is 10.0. The topological polar surface area (TPSA) is 108 Å². The SMILES string of the molecule is C=C(OCC(C)C)[C@H](CCC(OC(C)=O)C(N)=O)N(C)C(=O)OC(C)(C)C. The molecule has 0 heterocycles. The molecular weight excluding hydrogens is 352 g/mol. The van der Waals surface area contributed by atoms with Gasteiger partial charge in [0.05, 0.1) is 12.6 Å². The zero-order valence-corrected chi connectivity index (χ0v) is 17.5. The van der Waals surface area contributed by atoms with Gasteiger partial charge in [0.15, 0.2) is 6.10 Å². The monoisotopic (exact) mass is 386 g/mol. The first-order valence-electron chi connectivity index (χ1n) is 8.98. The molecule has 0 radical (unpaired) electrons. The van der Waals surface area contributed by atoms with Crippen LogP contribution in [0.1, 0.15) is 54.4 Å². The Morgan fingerprint density at radius 3 is 2.11 bits per heavy atom. The summed E-state index contributed by atoms with van der Waals surface area (Å²) in [5.74, 6) is -0.722. The van der Waals surface area contributed by atoms with E-state index in [1.54, 1.807) is 27.8 Å².